The highest BCUT2D eigenvalue weighted by Gasteiger charge is 1.97. The van der Waals surface area contributed by atoms with Gasteiger partial charge in [-0.1, -0.05) is 19.9 Å². The van der Waals surface area contributed by atoms with Gasteiger partial charge in [-0.15, -0.1) is 0 Å². The Morgan fingerprint density at radius 1 is 1.36 bits per heavy atom. The van der Waals surface area contributed by atoms with Crippen molar-refractivity contribution in [2.24, 2.45) is 5.92 Å². The smallest absolute Gasteiger partial charge is 0.126 e. The molecule has 1 rings (SSSR count). The van der Waals surface area contributed by atoms with Crippen LogP contribution in [0.2, 0.25) is 0 Å². The quantitative estimate of drug-likeness (QED) is 0.653. The molecule has 1 aromatic rings. The van der Waals surface area contributed by atoms with Crippen LogP contribution in [0.15, 0.2) is 24.3 Å². The number of halogens is 1. The topological polar surface area (TPSA) is 9.23 Å². The first kappa shape index (κ1) is 11.0. The van der Waals surface area contributed by atoms with E-state index in [1.54, 1.807) is 12.1 Å². The zero-order valence-corrected chi connectivity index (χ0v) is 8.79. The van der Waals surface area contributed by atoms with Crippen LogP contribution in [-0.4, -0.2) is 6.61 Å². The van der Waals surface area contributed by atoms with Crippen molar-refractivity contribution >= 4 is 0 Å². The van der Waals surface area contributed by atoms with Crippen LogP contribution in [0.5, 0.6) is 5.75 Å². The Balaban J connectivity index is 2.25. The van der Waals surface area contributed by atoms with E-state index in [4.69, 9.17) is 4.74 Å². The number of ether oxygens (including phenoxy) is 1. The third-order valence-electron chi connectivity index (χ3n) is 1.99. The molecule has 0 saturated carbocycles. The van der Waals surface area contributed by atoms with Crippen LogP contribution in [-0.2, 0) is 0 Å². The lowest BCUT2D eigenvalue weighted by molar-refractivity contribution is 0.296. The third-order valence-corrected chi connectivity index (χ3v) is 1.99. The van der Waals surface area contributed by atoms with Gasteiger partial charge in [-0.05, 0) is 30.9 Å². The molecule has 0 heterocycles. The van der Waals surface area contributed by atoms with Crippen LogP contribution >= 0.6 is 0 Å². The summed E-state index contributed by atoms with van der Waals surface area (Å²) in [4.78, 5) is 0. The van der Waals surface area contributed by atoms with Crippen LogP contribution < -0.4 is 4.74 Å². The van der Waals surface area contributed by atoms with E-state index in [0.29, 0.717) is 18.3 Å². The second kappa shape index (κ2) is 5.63. The Hall–Kier alpha value is -1.05. The molecule has 0 atom stereocenters. The van der Waals surface area contributed by atoms with E-state index >= 15 is 0 Å². The SMILES string of the molecule is CC(C)CCCOc1cccc(F)c1. The molecule has 14 heavy (non-hydrogen) atoms. The second-order valence-corrected chi connectivity index (χ2v) is 3.84. The van der Waals surface area contributed by atoms with Crippen molar-refractivity contribution in [3.8, 4) is 5.75 Å². The van der Waals surface area contributed by atoms with Gasteiger partial charge in [0, 0.05) is 6.07 Å². The molecule has 0 N–H and O–H groups in total. The van der Waals surface area contributed by atoms with E-state index in [2.05, 4.69) is 13.8 Å². The largest absolute Gasteiger partial charge is 0.493 e. The first-order valence-electron chi connectivity index (χ1n) is 5.07. The van der Waals surface area contributed by atoms with Gasteiger partial charge < -0.3 is 4.74 Å². The summed E-state index contributed by atoms with van der Waals surface area (Å²) in [7, 11) is 0. The fourth-order valence-corrected chi connectivity index (χ4v) is 1.24. The van der Waals surface area contributed by atoms with E-state index in [-0.39, 0.29) is 5.82 Å². The van der Waals surface area contributed by atoms with Crippen molar-refractivity contribution in [2.45, 2.75) is 26.7 Å². The minimum Gasteiger partial charge on any atom is -0.493 e. The predicted molar refractivity (Wildman–Crippen MR) is 56.0 cm³/mol. The summed E-state index contributed by atoms with van der Waals surface area (Å²) in [5.41, 5.74) is 0. The van der Waals surface area contributed by atoms with Gasteiger partial charge in [0.25, 0.3) is 0 Å². The van der Waals surface area contributed by atoms with Crippen molar-refractivity contribution in [1.82, 2.24) is 0 Å². The van der Waals surface area contributed by atoms with Crippen molar-refractivity contribution < 1.29 is 9.13 Å². The minimum absolute atomic E-state index is 0.244. The van der Waals surface area contributed by atoms with Crippen molar-refractivity contribution in [3.05, 3.63) is 30.1 Å². The monoisotopic (exact) mass is 196 g/mol. The number of benzene rings is 1. The van der Waals surface area contributed by atoms with Crippen LogP contribution in [0.1, 0.15) is 26.7 Å². The second-order valence-electron chi connectivity index (χ2n) is 3.84. The third kappa shape index (κ3) is 4.26. The van der Waals surface area contributed by atoms with Crippen LogP contribution in [0, 0.1) is 11.7 Å². The molecule has 0 bridgehead atoms. The molecule has 0 aliphatic rings. The van der Waals surface area contributed by atoms with Gasteiger partial charge in [-0.2, -0.15) is 0 Å². The molecule has 0 aliphatic heterocycles. The summed E-state index contributed by atoms with van der Waals surface area (Å²) in [6.07, 6.45) is 2.17. The standard InChI is InChI=1S/C12H17FO/c1-10(2)5-4-8-14-12-7-3-6-11(13)9-12/h3,6-7,9-10H,4-5,8H2,1-2H3. The molecule has 0 aromatic heterocycles. The van der Waals surface area contributed by atoms with Gasteiger partial charge in [0.15, 0.2) is 0 Å². The maximum atomic E-state index is 12.7. The highest BCUT2D eigenvalue weighted by atomic mass is 19.1. The Labute approximate surface area is 84.9 Å². The summed E-state index contributed by atoms with van der Waals surface area (Å²) in [5, 5.41) is 0. The molecule has 0 spiro atoms. The molecule has 2 heteroatoms. The number of rotatable bonds is 5. The number of hydrogen-bond donors (Lipinski definition) is 0. The summed E-state index contributed by atoms with van der Waals surface area (Å²) >= 11 is 0. The summed E-state index contributed by atoms with van der Waals surface area (Å²) < 4.78 is 18.1. The fraction of sp³-hybridized carbons (Fsp3) is 0.500. The Bertz CT molecular complexity index is 271. The average molecular weight is 196 g/mol. The molecular formula is C12H17FO. The molecule has 0 amide bonds. The normalized spacial score (nSPS) is 10.6. The fourth-order valence-electron chi connectivity index (χ4n) is 1.24. The van der Waals surface area contributed by atoms with Gasteiger partial charge >= 0.3 is 0 Å². The molecular weight excluding hydrogens is 179 g/mol. The summed E-state index contributed by atoms with van der Waals surface area (Å²) in [5.74, 6) is 1.08. The lowest BCUT2D eigenvalue weighted by Crippen LogP contribution is -1.99. The number of hydrogen-bond acceptors (Lipinski definition) is 1. The van der Waals surface area contributed by atoms with Crippen LogP contribution in [0.4, 0.5) is 4.39 Å². The van der Waals surface area contributed by atoms with Crippen LogP contribution in [0.25, 0.3) is 0 Å². The minimum atomic E-state index is -0.244. The molecule has 0 saturated heterocycles. The summed E-state index contributed by atoms with van der Waals surface area (Å²) in [6, 6.07) is 6.27. The molecule has 0 radical (unpaired) electrons. The lowest BCUT2D eigenvalue weighted by Gasteiger charge is -2.07. The molecule has 1 aromatic carbocycles. The highest BCUT2D eigenvalue weighted by Crippen LogP contribution is 2.13. The Morgan fingerprint density at radius 3 is 2.79 bits per heavy atom. The highest BCUT2D eigenvalue weighted by molar-refractivity contribution is 5.22. The van der Waals surface area contributed by atoms with E-state index in [1.807, 2.05) is 0 Å². The average Bonchev–Trinajstić information content (AvgIpc) is 2.12. The van der Waals surface area contributed by atoms with E-state index in [0.717, 1.165) is 12.8 Å². The van der Waals surface area contributed by atoms with Crippen molar-refractivity contribution in [2.75, 3.05) is 6.61 Å². The zero-order valence-electron chi connectivity index (χ0n) is 8.79. The summed E-state index contributed by atoms with van der Waals surface area (Å²) in [6.45, 7) is 5.03. The Morgan fingerprint density at radius 2 is 2.14 bits per heavy atom. The van der Waals surface area contributed by atoms with E-state index in [1.165, 1.54) is 12.1 Å². The molecule has 0 unspecified atom stereocenters. The van der Waals surface area contributed by atoms with E-state index in [9.17, 15) is 4.39 Å². The zero-order chi connectivity index (χ0) is 10.4. The molecule has 1 nitrogen and oxygen atoms in total. The van der Waals surface area contributed by atoms with Gasteiger partial charge in [-0.3, -0.25) is 0 Å². The molecule has 0 aliphatic carbocycles. The van der Waals surface area contributed by atoms with Gasteiger partial charge in [0.2, 0.25) is 0 Å². The molecule has 0 fully saturated rings. The van der Waals surface area contributed by atoms with Gasteiger partial charge in [-0.25, -0.2) is 4.39 Å². The predicted octanol–water partition coefficient (Wildman–Crippen LogP) is 3.64. The maximum absolute atomic E-state index is 12.7. The lowest BCUT2D eigenvalue weighted by atomic mass is 10.1. The first-order valence-corrected chi connectivity index (χ1v) is 5.07. The Kier molecular flexibility index (Phi) is 4.44. The molecule has 78 valence electrons. The first-order chi connectivity index (χ1) is 6.68. The van der Waals surface area contributed by atoms with Crippen LogP contribution in [0.3, 0.4) is 0 Å². The van der Waals surface area contributed by atoms with Crippen molar-refractivity contribution in [1.29, 1.82) is 0 Å². The van der Waals surface area contributed by atoms with E-state index < -0.39 is 0 Å². The maximum Gasteiger partial charge on any atom is 0.126 e. The van der Waals surface area contributed by atoms with Gasteiger partial charge in [0.05, 0.1) is 6.61 Å². The van der Waals surface area contributed by atoms with Crippen molar-refractivity contribution in [3.63, 3.8) is 0 Å². The van der Waals surface area contributed by atoms with Gasteiger partial charge in [0.1, 0.15) is 11.6 Å².